The van der Waals surface area contributed by atoms with Crippen molar-refractivity contribution >= 4 is 29.2 Å². The van der Waals surface area contributed by atoms with Crippen LogP contribution in [0.2, 0.25) is 5.02 Å². The second kappa shape index (κ2) is 6.18. The van der Waals surface area contributed by atoms with E-state index in [9.17, 15) is 18.0 Å². The SMILES string of the molecule is COC(=O)c1cnc(Nc2cccc(Cl)c2)nc1C(F)(F)F. The second-order valence-electron chi connectivity index (χ2n) is 4.08. The van der Waals surface area contributed by atoms with Crippen LogP contribution in [0.15, 0.2) is 30.5 Å². The topological polar surface area (TPSA) is 64.1 Å². The van der Waals surface area contributed by atoms with Crippen LogP contribution < -0.4 is 5.32 Å². The lowest BCUT2D eigenvalue weighted by Gasteiger charge is -2.12. The van der Waals surface area contributed by atoms with Crippen LogP contribution in [0.25, 0.3) is 0 Å². The van der Waals surface area contributed by atoms with E-state index in [2.05, 4.69) is 20.0 Å². The average molecular weight is 332 g/mol. The molecule has 0 aliphatic heterocycles. The second-order valence-corrected chi connectivity index (χ2v) is 4.52. The van der Waals surface area contributed by atoms with Crippen molar-refractivity contribution in [2.24, 2.45) is 0 Å². The molecule has 116 valence electrons. The van der Waals surface area contributed by atoms with E-state index in [1.54, 1.807) is 18.2 Å². The standard InChI is InChI=1S/C13H9ClF3N3O2/c1-22-11(21)9-6-18-12(20-10(9)13(15,16)17)19-8-4-2-3-7(14)5-8/h2-6H,1H3,(H,18,19,20). The fourth-order valence-electron chi connectivity index (χ4n) is 1.61. The summed E-state index contributed by atoms with van der Waals surface area (Å²) in [7, 11) is 0.973. The van der Waals surface area contributed by atoms with Crippen LogP contribution in [0.3, 0.4) is 0 Å². The van der Waals surface area contributed by atoms with Gasteiger partial charge in [-0.2, -0.15) is 13.2 Å². The summed E-state index contributed by atoms with van der Waals surface area (Å²) in [6, 6.07) is 6.29. The Bertz CT molecular complexity index is 707. The lowest BCUT2D eigenvalue weighted by Crippen LogP contribution is -2.18. The smallest absolute Gasteiger partial charge is 0.434 e. The Hall–Kier alpha value is -2.35. The first-order valence-corrected chi connectivity index (χ1v) is 6.24. The third kappa shape index (κ3) is 3.64. The largest absolute Gasteiger partial charge is 0.465 e. The van der Waals surface area contributed by atoms with Gasteiger partial charge in [-0.25, -0.2) is 14.8 Å². The molecule has 0 saturated carbocycles. The summed E-state index contributed by atoms with van der Waals surface area (Å²) in [5, 5.41) is 2.98. The Morgan fingerprint density at radius 2 is 2.09 bits per heavy atom. The number of hydrogen-bond acceptors (Lipinski definition) is 5. The molecule has 0 aliphatic rings. The molecule has 5 nitrogen and oxygen atoms in total. The van der Waals surface area contributed by atoms with Gasteiger partial charge in [-0.3, -0.25) is 0 Å². The first-order valence-electron chi connectivity index (χ1n) is 5.86. The molecule has 22 heavy (non-hydrogen) atoms. The minimum atomic E-state index is -4.82. The van der Waals surface area contributed by atoms with Gasteiger partial charge in [0.15, 0.2) is 5.69 Å². The highest BCUT2D eigenvalue weighted by Gasteiger charge is 2.38. The normalized spacial score (nSPS) is 11.1. The predicted molar refractivity (Wildman–Crippen MR) is 73.1 cm³/mol. The summed E-state index contributed by atoms with van der Waals surface area (Å²) in [6.07, 6.45) is -4.06. The monoisotopic (exact) mass is 331 g/mol. The molecule has 2 aromatic rings. The maximum atomic E-state index is 13.0. The van der Waals surface area contributed by atoms with Crippen molar-refractivity contribution in [3.05, 3.63) is 46.7 Å². The van der Waals surface area contributed by atoms with Gasteiger partial charge < -0.3 is 10.1 Å². The van der Waals surface area contributed by atoms with Crippen molar-refractivity contribution in [2.75, 3.05) is 12.4 Å². The number of nitrogens with zero attached hydrogens (tertiary/aromatic N) is 2. The van der Waals surface area contributed by atoms with Gasteiger partial charge in [-0.05, 0) is 18.2 Å². The van der Waals surface area contributed by atoms with E-state index in [-0.39, 0.29) is 5.95 Å². The van der Waals surface area contributed by atoms with E-state index in [1.807, 2.05) is 0 Å². The zero-order valence-corrected chi connectivity index (χ0v) is 11.9. The molecule has 0 fully saturated rings. The number of nitrogens with one attached hydrogen (secondary N) is 1. The molecular weight excluding hydrogens is 323 g/mol. The number of anilines is 2. The van der Waals surface area contributed by atoms with Crippen molar-refractivity contribution in [1.29, 1.82) is 0 Å². The summed E-state index contributed by atoms with van der Waals surface area (Å²) in [4.78, 5) is 18.4. The fraction of sp³-hybridized carbons (Fsp3) is 0.154. The van der Waals surface area contributed by atoms with Gasteiger partial charge in [-0.1, -0.05) is 17.7 Å². The van der Waals surface area contributed by atoms with E-state index in [1.165, 1.54) is 6.07 Å². The number of carbonyl (C=O) groups is 1. The van der Waals surface area contributed by atoms with Gasteiger partial charge in [0, 0.05) is 16.9 Å². The zero-order chi connectivity index (χ0) is 16.3. The molecule has 0 saturated heterocycles. The van der Waals surface area contributed by atoms with Gasteiger partial charge >= 0.3 is 12.1 Å². The first kappa shape index (κ1) is 16.0. The van der Waals surface area contributed by atoms with Crippen molar-refractivity contribution in [3.63, 3.8) is 0 Å². The number of esters is 1. The van der Waals surface area contributed by atoms with Crippen molar-refractivity contribution in [1.82, 2.24) is 9.97 Å². The van der Waals surface area contributed by atoms with Crippen LogP contribution in [-0.4, -0.2) is 23.0 Å². The summed E-state index contributed by atoms with van der Waals surface area (Å²) in [5.41, 5.74) is -1.73. The highest BCUT2D eigenvalue weighted by molar-refractivity contribution is 6.30. The lowest BCUT2D eigenvalue weighted by atomic mass is 10.2. The van der Waals surface area contributed by atoms with Crippen molar-refractivity contribution < 1.29 is 22.7 Å². The van der Waals surface area contributed by atoms with E-state index >= 15 is 0 Å². The third-order valence-electron chi connectivity index (χ3n) is 2.54. The molecule has 0 amide bonds. The first-order chi connectivity index (χ1) is 10.3. The summed E-state index contributed by atoms with van der Waals surface area (Å²) in [5.74, 6) is -1.48. The van der Waals surface area contributed by atoms with Crippen LogP contribution in [0.1, 0.15) is 16.1 Å². The van der Waals surface area contributed by atoms with Crippen LogP contribution in [0.5, 0.6) is 0 Å². The van der Waals surface area contributed by atoms with Crippen molar-refractivity contribution in [2.45, 2.75) is 6.18 Å². The summed E-state index contributed by atoms with van der Waals surface area (Å²) >= 11 is 5.78. The molecule has 1 N–H and O–H groups in total. The van der Waals surface area contributed by atoms with E-state index in [0.717, 1.165) is 13.3 Å². The van der Waals surface area contributed by atoms with Crippen LogP contribution >= 0.6 is 11.6 Å². The highest BCUT2D eigenvalue weighted by Crippen LogP contribution is 2.31. The third-order valence-corrected chi connectivity index (χ3v) is 2.78. The number of methoxy groups -OCH3 is 1. The predicted octanol–water partition coefficient (Wildman–Crippen LogP) is 3.68. The Morgan fingerprint density at radius 1 is 1.36 bits per heavy atom. The number of alkyl halides is 3. The Morgan fingerprint density at radius 3 is 2.68 bits per heavy atom. The van der Waals surface area contributed by atoms with Gasteiger partial charge in [0.1, 0.15) is 5.56 Å². The van der Waals surface area contributed by atoms with E-state index in [0.29, 0.717) is 10.7 Å². The van der Waals surface area contributed by atoms with Gasteiger partial charge in [0.25, 0.3) is 0 Å². The Kier molecular flexibility index (Phi) is 4.51. The minimum absolute atomic E-state index is 0.317. The molecule has 0 aliphatic carbocycles. The quantitative estimate of drug-likeness (QED) is 0.869. The molecule has 1 aromatic carbocycles. The van der Waals surface area contributed by atoms with Crippen LogP contribution in [0.4, 0.5) is 24.8 Å². The molecular formula is C13H9ClF3N3O2. The molecule has 1 heterocycles. The summed E-state index contributed by atoms with van der Waals surface area (Å²) < 4.78 is 43.2. The lowest BCUT2D eigenvalue weighted by molar-refractivity contribution is -0.141. The maximum absolute atomic E-state index is 13.0. The van der Waals surface area contributed by atoms with Crippen molar-refractivity contribution in [3.8, 4) is 0 Å². The molecule has 0 radical (unpaired) electrons. The number of rotatable bonds is 3. The number of halogens is 4. The van der Waals surface area contributed by atoms with Gasteiger partial charge in [0.2, 0.25) is 5.95 Å². The maximum Gasteiger partial charge on any atom is 0.434 e. The molecule has 0 spiro atoms. The average Bonchev–Trinajstić information content (AvgIpc) is 2.45. The summed E-state index contributed by atoms with van der Waals surface area (Å²) in [6.45, 7) is 0. The highest BCUT2D eigenvalue weighted by atomic mass is 35.5. The fourth-order valence-corrected chi connectivity index (χ4v) is 1.80. The van der Waals surface area contributed by atoms with E-state index in [4.69, 9.17) is 11.6 Å². The number of ether oxygens (including phenoxy) is 1. The molecule has 9 heteroatoms. The Labute approximate surface area is 128 Å². The van der Waals surface area contributed by atoms with Gasteiger partial charge in [-0.15, -0.1) is 0 Å². The molecule has 2 rings (SSSR count). The molecule has 0 unspecified atom stereocenters. The number of carbonyl (C=O) groups excluding carboxylic acids is 1. The molecule has 0 bridgehead atoms. The van der Waals surface area contributed by atoms with E-state index < -0.39 is 23.4 Å². The molecule has 0 atom stereocenters. The zero-order valence-electron chi connectivity index (χ0n) is 11.1. The van der Waals surface area contributed by atoms with Crippen LogP contribution in [0, 0.1) is 0 Å². The number of aromatic nitrogens is 2. The Balaban J connectivity index is 2.41. The number of benzene rings is 1. The number of hydrogen-bond donors (Lipinski definition) is 1. The van der Waals surface area contributed by atoms with Crippen LogP contribution in [-0.2, 0) is 10.9 Å². The van der Waals surface area contributed by atoms with Gasteiger partial charge in [0.05, 0.1) is 7.11 Å². The minimum Gasteiger partial charge on any atom is -0.465 e. The molecule has 1 aromatic heterocycles.